The summed E-state index contributed by atoms with van der Waals surface area (Å²) in [7, 11) is 1.69. The van der Waals surface area contributed by atoms with Crippen LogP contribution in [0.15, 0.2) is 24.3 Å². The fourth-order valence-corrected chi connectivity index (χ4v) is 3.26. The summed E-state index contributed by atoms with van der Waals surface area (Å²) in [4.78, 5) is 16.8. The van der Waals surface area contributed by atoms with Gasteiger partial charge in [0.05, 0.1) is 5.52 Å². The first-order valence-electron chi connectivity index (χ1n) is 9.11. The molecule has 1 amide bonds. The molecular formula is C20H26N4O2. The Labute approximate surface area is 153 Å². The first-order valence-corrected chi connectivity index (χ1v) is 9.11. The summed E-state index contributed by atoms with van der Waals surface area (Å²) in [6.07, 6.45) is 3.02. The molecule has 1 N–H and O–H groups in total. The highest BCUT2D eigenvalue weighted by atomic mass is 16.5. The average Bonchev–Trinajstić information content (AvgIpc) is 3.00. The first kappa shape index (κ1) is 18.3. The van der Waals surface area contributed by atoms with Crippen LogP contribution in [0.3, 0.4) is 0 Å². The minimum atomic E-state index is 0.0759. The van der Waals surface area contributed by atoms with Crippen LogP contribution in [-0.4, -0.2) is 40.8 Å². The van der Waals surface area contributed by atoms with Crippen LogP contribution in [0.1, 0.15) is 36.2 Å². The number of carbonyl (C=O) groups excluding carboxylic acids is 1. The van der Waals surface area contributed by atoms with E-state index in [0.717, 1.165) is 52.9 Å². The molecular weight excluding hydrogens is 328 g/mol. The minimum Gasteiger partial charge on any atom is -0.385 e. The van der Waals surface area contributed by atoms with E-state index in [1.165, 1.54) is 0 Å². The third kappa shape index (κ3) is 3.85. The molecule has 0 radical (unpaired) electrons. The Morgan fingerprint density at radius 2 is 2.04 bits per heavy atom. The molecule has 26 heavy (non-hydrogen) atoms. The summed E-state index contributed by atoms with van der Waals surface area (Å²) in [5.74, 6) is 0.0759. The molecule has 0 aliphatic heterocycles. The maximum Gasteiger partial charge on any atom is 0.220 e. The Morgan fingerprint density at radius 3 is 2.85 bits per heavy atom. The molecule has 2 aromatic heterocycles. The molecule has 0 unspecified atom stereocenters. The van der Waals surface area contributed by atoms with Gasteiger partial charge in [0, 0.05) is 43.5 Å². The molecule has 0 aliphatic carbocycles. The van der Waals surface area contributed by atoms with E-state index in [1.807, 2.05) is 42.6 Å². The number of rotatable bonds is 8. The van der Waals surface area contributed by atoms with Gasteiger partial charge in [0.1, 0.15) is 0 Å². The highest BCUT2D eigenvalue weighted by Gasteiger charge is 2.14. The molecule has 0 aliphatic rings. The molecule has 0 spiro atoms. The van der Waals surface area contributed by atoms with Gasteiger partial charge in [-0.1, -0.05) is 12.1 Å². The van der Waals surface area contributed by atoms with E-state index in [4.69, 9.17) is 9.72 Å². The molecule has 6 nitrogen and oxygen atoms in total. The van der Waals surface area contributed by atoms with Gasteiger partial charge in [-0.15, -0.1) is 0 Å². The first-order chi connectivity index (χ1) is 12.6. The van der Waals surface area contributed by atoms with Crippen molar-refractivity contribution in [2.75, 3.05) is 20.3 Å². The molecule has 0 bridgehead atoms. The molecule has 3 rings (SSSR count). The summed E-state index contributed by atoms with van der Waals surface area (Å²) in [6, 6.07) is 8.02. The maximum atomic E-state index is 12.1. The molecule has 0 saturated heterocycles. The average molecular weight is 354 g/mol. The third-order valence-electron chi connectivity index (χ3n) is 4.72. The summed E-state index contributed by atoms with van der Waals surface area (Å²) in [5, 5.41) is 8.69. The van der Waals surface area contributed by atoms with Crippen molar-refractivity contribution in [2.45, 2.75) is 39.5 Å². The zero-order valence-corrected chi connectivity index (χ0v) is 15.7. The van der Waals surface area contributed by atoms with Gasteiger partial charge < -0.3 is 10.1 Å². The Morgan fingerprint density at radius 1 is 1.23 bits per heavy atom. The molecule has 2 heterocycles. The van der Waals surface area contributed by atoms with Crippen LogP contribution >= 0.6 is 0 Å². The summed E-state index contributed by atoms with van der Waals surface area (Å²) >= 11 is 0. The number of fused-ring (bicyclic) bond motifs is 3. The molecule has 0 fully saturated rings. The van der Waals surface area contributed by atoms with Gasteiger partial charge in [-0.3, -0.25) is 4.79 Å². The number of aromatic nitrogens is 3. The van der Waals surface area contributed by atoms with E-state index in [2.05, 4.69) is 10.4 Å². The lowest BCUT2D eigenvalue weighted by Crippen LogP contribution is -2.25. The fourth-order valence-electron chi connectivity index (χ4n) is 3.26. The van der Waals surface area contributed by atoms with E-state index >= 15 is 0 Å². The van der Waals surface area contributed by atoms with Gasteiger partial charge in [0.15, 0.2) is 5.65 Å². The summed E-state index contributed by atoms with van der Waals surface area (Å²) in [6.45, 7) is 5.48. The smallest absolute Gasteiger partial charge is 0.220 e. The predicted octanol–water partition coefficient (Wildman–Crippen LogP) is 2.97. The number of unbranched alkanes of at least 4 members (excludes halogenated alkanes) is 1. The lowest BCUT2D eigenvalue weighted by molar-refractivity contribution is -0.121. The monoisotopic (exact) mass is 354 g/mol. The van der Waals surface area contributed by atoms with E-state index in [1.54, 1.807) is 7.11 Å². The van der Waals surface area contributed by atoms with Crippen LogP contribution < -0.4 is 5.32 Å². The number of nitrogens with zero attached hydrogens (tertiary/aromatic N) is 3. The zero-order valence-electron chi connectivity index (χ0n) is 15.7. The van der Waals surface area contributed by atoms with Crippen molar-refractivity contribution in [3.05, 3.63) is 41.2 Å². The molecule has 3 aromatic rings. The largest absolute Gasteiger partial charge is 0.385 e. The molecule has 0 atom stereocenters. The van der Waals surface area contributed by atoms with Gasteiger partial charge in [-0.2, -0.15) is 5.10 Å². The van der Waals surface area contributed by atoms with Crippen LogP contribution in [0.5, 0.6) is 0 Å². The number of benzene rings is 1. The maximum absolute atomic E-state index is 12.1. The van der Waals surface area contributed by atoms with Crippen molar-refractivity contribution in [1.82, 2.24) is 19.9 Å². The van der Waals surface area contributed by atoms with Crippen LogP contribution in [-0.2, 0) is 16.0 Å². The third-order valence-corrected chi connectivity index (χ3v) is 4.72. The molecule has 6 heteroatoms. The summed E-state index contributed by atoms with van der Waals surface area (Å²) in [5.41, 5.74) is 4.93. The van der Waals surface area contributed by atoms with Crippen LogP contribution in [0, 0.1) is 13.8 Å². The molecule has 1 aromatic carbocycles. The van der Waals surface area contributed by atoms with E-state index in [-0.39, 0.29) is 5.91 Å². The molecule has 138 valence electrons. The van der Waals surface area contributed by atoms with Crippen molar-refractivity contribution in [3.63, 3.8) is 0 Å². The van der Waals surface area contributed by atoms with E-state index in [9.17, 15) is 4.79 Å². The number of nitrogens with one attached hydrogen (secondary N) is 1. The van der Waals surface area contributed by atoms with Crippen LogP contribution in [0.4, 0.5) is 0 Å². The standard InChI is InChI=1S/C20H26N4O2/c1-14-16(10-11-19(25)21-12-6-7-13-26-3)15(2)24-20(22-14)17-8-4-5-9-18(17)23-24/h4-5,8-9H,6-7,10-13H2,1-3H3,(H,21,25). The van der Waals surface area contributed by atoms with Crippen molar-refractivity contribution >= 4 is 22.5 Å². The number of carbonyl (C=O) groups is 1. The number of aryl methyl sites for hydroxylation is 2. The number of methoxy groups -OCH3 is 1. The quantitative estimate of drug-likeness (QED) is 0.632. The highest BCUT2D eigenvalue weighted by molar-refractivity contribution is 5.92. The Bertz CT molecular complexity index is 917. The topological polar surface area (TPSA) is 68.5 Å². The predicted molar refractivity (Wildman–Crippen MR) is 102 cm³/mol. The number of amides is 1. The van der Waals surface area contributed by atoms with E-state index in [0.29, 0.717) is 19.4 Å². The lowest BCUT2D eigenvalue weighted by Gasteiger charge is -2.11. The van der Waals surface area contributed by atoms with Crippen molar-refractivity contribution in [1.29, 1.82) is 0 Å². The Hall–Kier alpha value is -2.47. The summed E-state index contributed by atoms with van der Waals surface area (Å²) < 4.78 is 6.91. The van der Waals surface area contributed by atoms with Gasteiger partial charge in [-0.05, 0) is 50.8 Å². The second-order valence-corrected chi connectivity index (χ2v) is 6.56. The van der Waals surface area contributed by atoms with Crippen LogP contribution in [0.25, 0.3) is 16.6 Å². The zero-order chi connectivity index (χ0) is 18.5. The fraction of sp³-hybridized carbons (Fsp3) is 0.450. The second kappa shape index (κ2) is 8.27. The van der Waals surface area contributed by atoms with E-state index < -0.39 is 0 Å². The van der Waals surface area contributed by atoms with Gasteiger partial charge >= 0.3 is 0 Å². The Balaban J connectivity index is 1.70. The SMILES string of the molecule is COCCCCNC(=O)CCc1c(C)nc2c3ccccc3nn2c1C. The Kier molecular flexibility index (Phi) is 5.83. The second-order valence-electron chi connectivity index (χ2n) is 6.56. The highest BCUT2D eigenvalue weighted by Crippen LogP contribution is 2.22. The van der Waals surface area contributed by atoms with Gasteiger partial charge in [0.2, 0.25) is 5.91 Å². The van der Waals surface area contributed by atoms with Gasteiger partial charge in [-0.25, -0.2) is 9.50 Å². The van der Waals surface area contributed by atoms with Crippen molar-refractivity contribution < 1.29 is 9.53 Å². The lowest BCUT2D eigenvalue weighted by atomic mass is 10.1. The number of ether oxygens (including phenoxy) is 1. The van der Waals surface area contributed by atoms with Crippen molar-refractivity contribution in [2.24, 2.45) is 0 Å². The van der Waals surface area contributed by atoms with Crippen molar-refractivity contribution in [3.8, 4) is 0 Å². The molecule has 0 saturated carbocycles. The normalized spacial score (nSPS) is 11.3. The minimum absolute atomic E-state index is 0.0759. The number of hydrogen-bond acceptors (Lipinski definition) is 4. The number of hydrogen-bond donors (Lipinski definition) is 1. The van der Waals surface area contributed by atoms with Crippen LogP contribution in [0.2, 0.25) is 0 Å². The van der Waals surface area contributed by atoms with Gasteiger partial charge in [0.25, 0.3) is 0 Å².